The van der Waals surface area contributed by atoms with Gasteiger partial charge in [0.05, 0.1) is 4.92 Å². The first-order valence-electron chi connectivity index (χ1n) is 7.16. The average Bonchev–Trinajstić information content (AvgIpc) is 3.22. The summed E-state index contributed by atoms with van der Waals surface area (Å²) in [6.07, 6.45) is 1.35. The van der Waals surface area contributed by atoms with E-state index in [1.807, 2.05) is 0 Å². The third kappa shape index (κ3) is 3.48. The first-order valence-corrected chi connectivity index (χ1v) is 7.67. The van der Waals surface area contributed by atoms with E-state index >= 15 is 0 Å². The molecule has 9 nitrogen and oxygen atoms in total. The molecule has 24 heavy (non-hydrogen) atoms. The number of rotatable bonds is 4. The molecule has 10 heteroatoms. The summed E-state index contributed by atoms with van der Waals surface area (Å²) in [6.45, 7) is 0.427. The molecule has 1 aliphatic rings. The fraction of sp³-hybridized carbons (Fsp3) is 0.357. The summed E-state index contributed by atoms with van der Waals surface area (Å²) in [5.74, 6) is 0.346. The number of likely N-dealkylation sites (tertiary alicyclic amines) is 1. The molecule has 1 aliphatic heterocycles. The van der Waals surface area contributed by atoms with E-state index in [9.17, 15) is 14.9 Å². The van der Waals surface area contributed by atoms with E-state index in [0.717, 1.165) is 0 Å². The van der Waals surface area contributed by atoms with Crippen LogP contribution in [0.2, 0.25) is 0 Å². The third-order valence-electron chi connectivity index (χ3n) is 3.69. The molecule has 1 aromatic heterocycles. The summed E-state index contributed by atoms with van der Waals surface area (Å²) in [6, 6.07) is 5.46. The highest BCUT2D eigenvalue weighted by Gasteiger charge is 2.38. The van der Waals surface area contributed by atoms with Crippen LogP contribution in [0.5, 0.6) is 0 Å². The number of nitro groups is 1. The van der Waals surface area contributed by atoms with Gasteiger partial charge in [0.15, 0.2) is 6.33 Å². The Bertz CT molecular complexity index is 721. The van der Waals surface area contributed by atoms with E-state index < -0.39 is 11.0 Å². The number of thiol groups is 1. The van der Waals surface area contributed by atoms with E-state index in [1.165, 1.54) is 23.4 Å². The minimum Gasteiger partial charge on any atom is -0.445 e. The Morgan fingerprint density at radius 1 is 1.46 bits per heavy atom. The van der Waals surface area contributed by atoms with Crippen LogP contribution >= 0.6 is 12.6 Å². The van der Waals surface area contributed by atoms with E-state index in [1.54, 1.807) is 12.1 Å². The molecular weight excluding hydrogens is 336 g/mol. The normalized spacial score (nSPS) is 20.1. The number of aromatic nitrogens is 2. The number of hydrogen-bond donors (Lipinski definition) is 1. The lowest BCUT2D eigenvalue weighted by Crippen LogP contribution is -2.32. The van der Waals surface area contributed by atoms with Crippen LogP contribution in [0.4, 0.5) is 10.5 Å². The number of carbonyl (C=O) groups excluding carboxylic acids is 1. The molecule has 3 rings (SSSR count). The van der Waals surface area contributed by atoms with Crippen molar-refractivity contribution in [1.82, 2.24) is 15.0 Å². The van der Waals surface area contributed by atoms with Gasteiger partial charge in [0.1, 0.15) is 12.6 Å². The zero-order valence-electron chi connectivity index (χ0n) is 12.4. The van der Waals surface area contributed by atoms with Crippen LogP contribution in [-0.4, -0.2) is 37.9 Å². The van der Waals surface area contributed by atoms with Gasteiger partial charge in [-0.15, -0.1) is 0 Å². The molecule has 126 valence electrons. The van der Waals surface area contributed by atoms with Gasteiger partial charge in [0.2, 0.25) is 5.89 Å². The van der Waals surface area contributed by atoms with Crippen LogP contribution in [0.25, 0.3) is 0 Å². The van der Waals surface area contributed by atoms with Gasteiger partial charge in [-0.1, -0.05) is 5.16 Å². The van der Waals surface area contributed by atoms with Crippen LogP contribution in [0, 0.1) is 10.1 Å². The molecule has 1 saturated heterocycles. The molecule has 1 amide bonds. The van der Waals surface area contributed by atoms with Crippen molar-refractivity contribution in [3.8, 4) is 0 Å². The molecule has 0 N–H and O–H groups in total. The highest BCUT2D eigenvalue weighted by molar-refractivity contribution is 7.81. The molecule has 0 radical (unpaired) electrons. The Balaban J connectivity index is 1.62. The quantitative estimate of drug-likeness (QED) is 0.512. The molecule has 2 atom stereocenters. The summed E-state index contributed by atoms with van der Waals surface area (Å²) in [5, 5.41) is 14.2. The Labute approximate surface area is 142 Å². The monoisotopic (exact) mass is 350 g/mol. The summed E-state index contributed by atoms with van der Waals surface area (Å²) >= 11 is 4.40. The van der Waals surface area contributed by atoms with Crippen molar-refractivity contribution >= 4 is 24.4 Å². The molecule has 0 saturated carbocycles. The van der Waals surface area contributed by atoms with Crippen molar-refractivity contribution in [3.05, 3.63) is 52.2 Å². The van der Waals surface area contributed by atoms with Crippen LogP contribution in [0.15, 0.2) is 35.1 Å². The maximum atomic E-state index is 12.3. The number of nitro benzene ring substituents is 1. The second-order valence-electron chi connectivity index (χ2n) is 5.32. The second kappa shape index (κ2) is 6.87. The van der Waals surface area contributed by atoms with Crippen molar-refractivity contribution in [3.63, 3.8) is 0 Å². The third-order valence-corrected chi connectivity index (χ3v) is 4.06. The van der Waals surface area contributed by atoms with Gasteiger partial charge in [-0.25, -0.2) is 4.79 Å². The Hall–Kier alpha value is -2.62. The maximum Gasteiger partial charge on any atom is 0.410 e. The molecule has 0 bridgehead atoms. The van der Waals surface area contributed by atoms with Crippen molar-refractivity contribution < 1.29 is 19.0 Å². The smallest absolute Gasteiger partial charge is 0.410 e. The molecule has 0 spiro atoms. The van der Waals surface area contributed by atoms with Crippen LogP contribution in [-0.2, 0) is 11.3 Å². The minimum absolute atomic E-state index is 0.00572. The SMILES string of the molecule is O=C(OCc1ccc([N+](=O)[O-])cc1)N1C[C@@H](S)C[C@H]1c1ncno1. The summed E-state index contributed by atoms with van der Waals surface area (Å²) < 4.78 is 10.3. The van der Waals surface area contributed by atoms with Crippen molar-refractivity contribution in [1.29, 1.82) is 0 Å². The zero-order chi connectivity index (χ0) is 17.1. The van der Waals surface area contributed by atoms with Gasteiger partial charge in [0.25, 0.3) is 5.69 Å². The highest BCUT2D eigenvalue weighted by Crippen LogP contribution is 2.33. The van der Waals surface area contributed by atoms with Crippen LogP contribution in [0.3, 0.4) is 0 Å². The average molecular weight is 350 g/mol. The van der Waals surface area contributed by atoms with E-state index in [4.69, 9.17) is 9.26 Å². The zero-order valence-corrected chi connectivity index (χ0v) is 13.3. The lowest BCUT2D eigenvalue weighted by molar-refractivity contribution is -0.384. The van der Waals surface area contributed by atoms with Crippen molar-refractivity contribution in [2.45, 2.75) is 24.3 Å². The number of ether oxygens (including phenoxy) is 1. The Kier molecular flexibility index (Phi) is 4.65. The number of amides is 1. The maximum absolute atomic E-state index is 12.3. The molecular formula is C14H14N4O5S. The van der Waals surface area contributed by atoms with Crippen LogP contribution < -0.4 is 0 Å². The first-order chi connectivity index (χ1) is 11.5. The Morgan fingerprint density at radius 3 is 2.83 bits per heavy atom. The van der Waals surface area contributed by atoms with Gasteiger partial charge < -0.3 is 9.26 Å². The molecule has 2 aromatic rings. The lowest BCUT2D eigenvalue weighted by Gasteiger charge is -2.21. The fourth-order valence-corrected chi connectivity index (χ4v) is 2.90. The molecule has 0 aliphatic carbocycles. The fourth-order valence-electron chi connectivity index (χ4n) is 2.52. The summed E-state index contributed by atoms with van der Waals surface area (Å²) in [4.78, 5) is 27.9. The largest absolute Gasteiger partial charge is 0.445 e. The van der Waals surface area contributed by atoms with E-state index in [0.29, 0.717) is 24.4 Å². The van der Waals surface area contributed by atoms with Gasteiger partial charge in [-0.3, -0.25) is 15.0 Å². The topological polar surface area (TPSA) is 112 Å². The molecule has 0 unspecified atom stereocenters. The standard InChI is InChI=1S/C14H14N4O5S/c19-14(22-7-9-1-3-10(4-2-9)18(20)21)17-6-11(24)5-12(17)13-15-8-16-23-13/h1-4,8,11-12,24H,5-7H2/t11-,12-/m0/s1. The molecule has 1 fully saturated rings. The highest BCUT2D eigenvalue weighted by atomic mass is 32.1. The van der Waals surface area contributed by atoms with Crippen molar-refractivity contribution in [2.24, 2.45) is 0 Å². The second-order valence-corrected chi connectivity index (χ2v) is 6.05. The van der Waals surface area contributed by atoms with Gasteiger partial charge in [-0.05, 0) is 24.1 Å². The number of benzene rings is 1. The predicted molar refractivity (Wildman–Crippen MR) is 84.4 cm³/mol. The number of non-ortho nitro benzene ring substituents is 1. The van der Waals surface area contributed by atoms with E-state index in [2.05, 4.69) is 22.8 Å². The number of nitrogens with zero attached hydrogens (tertiary/aromatic N) is 4. The van der Waals surface area contributed by atoms with Crippen molar-refractivity contribution in [2.75, 3.05) is 6.54 Å². The lowest BCUT2D eigenvalue weighted by atomic mass is 10.2. The molecule has 1 aromatic carbocycles. The van der Waals surface area contributed by atoms with Gasteiger partial charge >= 0.3 is 6.09 Å². The summed E-state index contributed by atoms with van der Waals surface area (Å²) in [5.41, 5.74) is 0.643. The Morgan fingerprint density at radius 2 is 2.21 bits per heavy atom. The first kappa shape index (κ1) is 16.2. The van der Waals surface area contributed by atoms with Gasteiger partial charge in [0, 0.05) is 23.9 Å². The van der Waals surface area contributed by atoms with Gasteiger partial charge in [-0.2, -0.15) is 17.6 Å². The number of carbonyl (C=O) groups is 1. The van der Waals surface area contributed by atoms with Crippen LogP contribution in [0.1, 0.15) is 23.9 Å². The molecule has 2 heterocycles. The summed E-state index contributed by atoms with van der Waals surface area (Å²) in [7, 11) is 0. The predicted octanol–water partition coefficient (Wildman–Crippen LogP) is 2.36. The number of hydrogen-bond acceptors (Lipinski definition) is 8. The van der Waals surface area contributed by atoms with E-state index in [-0.39, 0.29) is 23.6 Å². The minimum atomic E-state index is -0.520.